The third kappa shape index (κ3) is 1.17. The maximum absolute atomic E-state index is 13.4. The number of fused-ring (bicyclic) bond motifs is 1. The highest BCUT2D eigenvalue weighted by Crippen LogP contribution is 2.42. The first-order valence-corrected chi connectivity index (χ1v) is 4.17. The van der Waals surface area contributed by atoms with E-state index in [0.717, 1.165) is 0 Å². The van der Waals surface area contributed by atoms with Crippen LogP contribution in [0.3, 0.4) is 0 Å². The van der Waals surface area contributed by atoms with E-state index in [1.165, 1.54) is 6.07 Å². The van der Waals surface area contributed by atoms with Crippen molar-refractivity contribution in [1.29, 1.82) is 0 Å². The third-order valence-corrected chi connectivity index (χ3v) is 2.10. The third-order valence-electron chi connectivity index (χ3n) is 2.10. The van der Waals surface area contributed by atoms with Gasteiger partial charge >= 0.3 is 0 Å². The van der Waals surface area contributed by atoms with Gasteiger partial charge in [-0.15, -0.1) is 0 Å². The second-order valence-corrected chi connectivity index (χ2v) is 3.15. The Hall–Kier alpha value is -1.49. The van der Waals surface area contributed by atoms with Gasteiger partial charge in [0.05, 0.1) is 0 Å². The van der Waals surface area contributed by atoms with Gasteiger partial charge in [-0.05, 0) is 13.0 Å². The first-order valence-electron chi connectivity index (χ1n) is 4.17. The molecule has 14 heavy (non-hydrogen) atoms. The fraction of sp³-hybridized carbons (Fsp3) is 0.333. The molecular formula is C9H10FNO3. The number of halogens is 1. The number of phenolic OH excluding ortho intramolecular Hbond substituents is 1. The molecule has 76 valence electrons. The Morgan fingerprint density at radius 2 is 2.29 bits per heavy atom. The standard InChI is InChI=1S/C9H10FNO3/c1-4(11)5-2-6-9(14-3-13-6)7(10)8(5)12/h2,4,12H,3,11H2,1H3. The van der Waals surface area contributed by atoms with Crippen LogP contribution in [-0.2, 0) is 0 Å². The Morgan fingerprint density at radius 3 is 2.93 bits per heavy atom. The highest BCUT2D eigenvalue weighted by molar-refractivity contribution is 5.53. The summed E-state index contributed by atoms with van der Waals surface area (Å²) in [6.45, 7) is 1.62. The molecule has 1 atom stereocenters. The zero-order chi connectivity index (χ0) is 10.3. The normalized spacial score (nSPS) is 15.6. The van der Waals surface area contributed by atoms with Crippen LogP contribution in [0.4, 0.5) is 4.39 Å². The Bertz CT molecular complexity index is 379. The molecule has 0 fully saturated rings. The van der Waals surface area contributed by atoms with Crippen molar-refractivity contribution in [3.05, 3.63) is 17.4 Å². The Balaban J connectivity index is 2.61. The zero-order valence-corrected chi connectivity index (χ0v) is 7.58. The first kappa shape index (κ1) is 9.08. The molecule has 1 aliphatic heterocycles. The average Bonchev–Trinajstić information content (AvgIpc) is 2.58. The molecule has 0 saturated carbocycles. The molecule has 0 bridgehead atoms. The van der Waals surface area contributed by atoms with E-state index in [4.69, 9.17) is 15.2 Å². The van der Waals surface area contributed by atoms with Gasteiger partial charge in [0.15, 0.2) is 11.5 Å². The molecule has 1 aliphatic rings. The van der Waals surface area contributed by atoms with Gasteiger partial charge in [-0.3, -0.25) is 0 Å². The highest BCUT2D eigenvalue weighted by atomic mass is 19.1. The van der Waals surface area contributed by atoms with Crippen LogP contribution in [0.25, 0.3) is 0 Å². The number of hydrogen-bond acceptors (Lipinski definition) is 4. The van der Waals surface area contributed by atoms with Crippen LogP contribution in [-0.4, -0.2) is 11.9 Å². The summed E-state index contributed by atoms with van der Waals surface area (Å²) in [6, 6.07) is 1.03. The topological polar surface area (TPSA) is 64.7 Å². The van der Waals surface area contributed by atoms with E-state index < -0.39 is 17.6 Å². The highest BCUT2D eigenvalue weighted by Gasteiger charge is 2.25. The van der Waals surface area contributed by atoms with Gasteiger partial charge in [0.1, 0.15) is 0 Å². The maximum Gasteiger partial charge on any atom is 0.231 e. The van der Waals surface area contributed by atoms with Crippen molar-refractivity contribution < 1.29 is 19.0 Å². The van der Waals surface area contributed by atoms with Crippen molar-refractivity contribution in [2.45, 2.75) is 13.0 Å². The fourth-order valence-corrected chi connectivity index (χ4v) is 1.36. The number of rotatable bonds is 1. The lowest BCUT2D eigenvalue weighted by Gasteiger charge is -2.10. The van der Waals surface area contributed by atoms with E-state index in [-0.39, 0.29) is 18.3 Å². The molecule has 1 heterocycles. The molecule has 1 aromatic rings. The lowest BCUT2D eigenvalue weighted by molar-refractivity contribution is 0.170. The lowest BCUT2D eigenvalue weighted by Crippen LogP contribution is -2.06. The smallest absolute Gasteiger partial charge is 0.231 e. The first-order chi connectivity index (χ1) is 6.61. The lowest BCUT2D eigenvalue weighted by atomic mass is 10.1. The second-order valence-electron chi connectivity index (χ2n) is 3.15. The molecule has 0 radical (unpaired) electrons. The molecule has 0 spiro atoms. The number of hydrogen-bond donors (Lipinski definition) is 2. The fourth-order valence-electron chi connectivity index (χ4n) is 1.36. The SMILES string of the molecule is CC(N)c1cc2c(c(F)c1O)OCO2. The van der Waals surface area contributed by atoms with Crippen molar-refractivity contribution in [3.63, 3.8) is 0 Å². The van der Waals surface area contributed by atoms with Crippen LogP contribution in [0.1, 0.15) is 18.5 Å². The minimum absolute atomic E-state index is 0.0336. The second kappa shape index (κ2) is 3.02. The summed E-state index contributed by atoms with van der Waals surface area (Å²) in [5, 5.41) is 9.44. The number of aromatic hydroxyl groups is 1. The van der Waals surface area contributed by atoms with Crippen LogP contribution in [0.5, 0.6) is 17.2 Å². The molecule has 3 N–H and O–H groups in total. The van der Waals surface area contributed by atoms with Crippen LogP contribution in [0.2, 0.25) is 0 Å². The van der Waals surface area contributed by atoms with E-state index in [1.54, 1.807) is 6.92 Å². The minimum Gasteiger partial charge on any atom is -0.504 e. The summed E-state index contributed by atoms with van der Waals surface area (Å²) in [5.41, 5.74) is 5.87. The Labute approximate surface area is 80.0 Å². The van der Waals surface area contributed by atoms with E-state index in [0.29, 0.717) is 5.56 Å². The van der Waals surface area contributed by atoms with E-state index in [1.807, 2.05) is 0 Å². The van der Waals surface area contributed by atoms with Crippen molar-refractivity contribution in [2.75, 3.05) is 6.79 Å². The van der Waals surface area contributed by atoms with Crippen LogP contribution < -0.4 is 15.2 Å². The Morgan fingerprint density at radius 1 is 1.57 bits per heavy atom. The van der Waals surface area contributed by atoms with Gasteiger partial charge < -0.3 is 20.3 Å². The maximum atomic E-state index is 13.4. The molecule has 1 unspecified atom stereocenters. The van der Waals surface area contributed by atoms with Gasteiger partial charge in [0.25, 0.3) is 0 Å². The predicted octanol–water partition coefficient (Wildman–Crippen LogP) is 1.28. The average molecular weight is 199 g/mol. The summed E-state index contributed by atoms with van der Waals surface area (Å²) < 4.78 is 23.3. The van der Waals surface area contributed by atoms with Gasteiger partial charge in [0.2, 0.25) is 18.4 Å². The zero-order valence-electron chi connectivity index (χ0n) is 7.58. The van der Waals surface area contributed by atoms with Gasteiger partial charge in [0, 0.05) is 11.6 Å². The monoisotopic (exact) mass is 199 g/mol. The summed E-state index contributed by atoms with van der Waals surface area (Å²) in [4.78, 5) is 0. The molecular weight excluding hydrogens is 189 g/mol. The minimum atomic E-state index is -0.813. The number of benzene rings is 1. The summed E-state index contributed by atoms with van der Waals surface area (Å²) in [5.74, 6) is -1.05. The number of nitrogens with two attached hydrogens (primary N) is 1. The molecule has 2 rings (SSSR count). The van der Waals surface area contributed by atoms with E-state index >= 15 is 0 Å². The van der Waals surface area contributed by atoms with Crippen molar-refractivity contribution in [1.82, 2.24) is 0 Å². The summed E-state index contributed by atoms with van der Waals surface area (Å²) >= 11 is 0. The van der Waals surface area contributed by atoms with Crippen LogP contribution in [0, 0.1) is 5.82 Å². The van der Waals surface area contributed by atoms with Gasteiger partial charge in [-0.25, -0.2) is 0 Å². The molecule has 0 aliphatic carbocycles. The van der Waals surface area contributed by atoms with Gasteiger partial charge in [-0.2, -0.15) is 4.39 Å². The molecule has 1 aromatic carbocycles. The van der Waals surface area contributed by atoms with Crippen molar-refractivity contribution in [3.8, 4) is 17.2 Å². The number of phenols is 1. The van der Waals surface area contributed by atoms with Crippen LogP contribution in [0.15, 0.2) is 6.07 Å². The molecule has 5 heteroatoms. The summed E-state index contributed by atoms with van der Waals surface area (Å²) in [6.07, 6.45) is 0. The quantitative estimate of drug-likeness (QED) is 0.715. The number of ether oxygens (including phenoxy) is 2. The van der Waals surface area contributed by atoms with Crippen molar-refractivity contribution >= 4 is 0 Å². The van der Waals surface area contributed by atoms with Gasteiger partial charge in [-0.1, -0.05) is 0 Å². The van der Waals surface area contributed by atoms with E-state index in [2.05, 4.69) is 0 Å². The molecule has 0 aromatic heterocycles. The molecule has 4 nitrogen and oxygen atoms in total. The predicted molar refractivity (Wildman–Crippen MR) is 46.8 cm³/mol. The Kier molecular flexibility index (Phi) is 1.96. The van der Waals surface area contributed by atoms with E-state index in [9.17, 15) is 9.50 Å². The van der Waals surface area contributed by atoms with Crippen molar-refractivity contribution in [2.24, 2.45) is 5.73 Å². The summed E-state index contributed by atoms with van der Waals surface area (Å²) in [7, 11) is 0. The van der Waals surface area contributed by atoms with Crippen LogP contribution >= 0.6 is 0 Å². The molecule has 0 amide bonds. The molecule has 0 saturated heterocycles. The largest absolute Gasteiger partial charge is 0.504 e.